The van der Waals surface area contributed by atoms with Gasteiger partial charge in [0.1, 0.15) is 0 Å². The molecule has 1 aliphatic heterocycles. The summed E-state index contributed by atoms with van der Waals surface area (Å²) in [7, 11) is 1.76. The van der Waals surface area contributed by atoms with Crippen LogP contribution in [0.1, 0.15) is 39.2 Å². The van der Waals surface area contributed by atoms with Gasteiger partial charge in [-0.15, -0.1) is 0 Å². The van der Waals surface area contributed by atoms with Crippen LogP contribution in [0.4, 0.5) is 10.5 Å². The molecule has 0 aromatic heterocycles. The van der Waals surface area contributed by atoms with Gasteiger partial charge in [0.05, 0.1) is 12.5 Å². The van der Waals surface area contributed by atoms with Gasteiger partial charge >= 0.3 is 12.0 Å². The molecule has 160 valence electrons. The number of aliphatic imine (C=N–C) groups is 1. The first-order chi connectivity index (χ1) is 13.9. The van der Waals surface area contributed by atoms with E-state index in [2.05, 4.69) is 25.8 Å². The molecule has 0 atom stereocenters. The number of esters is 1. The van der Waals surface area contributed by atoms with Crippen LogP contribution in [-0.2, 0) is 16.1 Å². The van der Waals surface area contributed by atoms with Crippen LogP contribution in [0.2, 0.25) is 0 Å². The van der Waals surface area contributed by atoms with Crippen molar-refractivity contribution in [1.82, 2.24) is 15.5 Å². The number of carbonyl (C=O) groups is 2. The summed E-state index contributed by atoms with van der Waals surface area (Å²) in [5.74, 6) is 0.717. The number of urea groups is 1. The predicted molar refractivity (Wildman–Crippen MR) is 115 cm³/mol. The molecular formula is C21H33N5O3. The molecule has 8 nitrogen and oxygen atoms in total. The van der Waals surface area contributed by atoms with Gasteiger partial charge in [-0.05, 0) is 51.3 Å². The monoisotopic (exact) mass is 403 g/mol. The van der Waals surface area contributed by atoms with Crippen molar-refractivity contribution in [2.75, 3.05) is 32.1 Å². The van der Waals surface area contributed by atoms with E-state index in [1.807, 2.05) is 45.0 Å². The zero-order valence-electron chi connectivity index (χ0n) is 17.8. The van der Waals surface area contributed by atoms with Gasteiger partial charge in [-0.3, -0.25) is 9.79 Å². The van der Waals surface area contributed by atoms with Crippen molar-refractivity contribution in [3.63, 3.8) is 0 Å². The van der Waals surface area contributed by atoms with E-state index < -0.39 is 0 Å². The summed E-state index contributed by atoms with van der Waals surface area (Å²) < 4.78 is 5.13. The summed E-state index contributed by atoms with van der Waals surface area (Å²) in [6.45, 7) is 8.28. The molecule has 2 amide bonds. The van der Waals surface area contributed by atoms with Crippen LogP contribution in [0, 0.1) is 5.92 Å². The maximum Gasteiger partial charge on any atom is 0.319 e. The summed E-state index contributed by atoms with van der Waals surface area (Å²) >= 11 is 0. The average molecular weight is 404 g/mol. The van der Waals surface area contributed by atoms with Crippen LogP contribution in [0.25, 0.3) is 0 Å². The number of amides is 2. The number of hydrogen-bond acceptors (Lipinski definition) is 4. The Morgan fingerprint density at radius 2 is 1.86 bits per heavy atom. The van der Waals surface area contributed by atoms with Crippen molar-refractivity contribution in [2.45, 2.75) is 46.2 Å². The number of guanidine groups is 1. The first-order valence-corrected chi connectivity index (χ1v) is 10.2. The van der Waals surface area contributed by atoms with Crippen LogP contribution in [0.3, 0.4) is 0 Å². The lowest BCUT2D eigenvalue weighted by Gasteiger charge is -2.33. The van der Waals surface area contributed by atoms with Gasteiger partial charge < -0.3 is 25.6 Å². The van der Waals surface area contributed by atoms with Gasteiger partial charge in [0.25, 0.3) is 0 Å². The van der Waals surface area contributed by atoms with Gasteiger partial charge in [0.2, 0.25) is 0 Å². The van der Waals surface area contributed by atoms with Gasteiger partial charge in [0.15, 0.2) is 5.96 Å². The van der Waals surface area contributed by atoms with E-state index in [-0.39, 0.29) is 24.0 Å². The molecule has 1 saturated heterocycles. The van der Waals surface area contributed by atoms with E-state index in [1.54, 1.807) is 7.05 Å². The third-order valence-corrected chi connectivity index (χ3v) is 4.71. The second-order valence-corrected chi connectivity index (χ2v) is 7.36. The van der Waals surface area contributed by atoms with Crippen LogP contribution in [-0.4, -0.2) is 55.6 Å². The van der Waals surface area contributed by atoms with E-state index >= 15 is 0 Å². The normalized spacial score (nSPS) is 15.2. The van der Waals surface area contributed by atoms with E-state index in [0.717, 1.165) is 43.1 Å². The lowest BCUT2D eigenvalue weighted by Crippen LogP contribution is -2.46. The molecule has 1 heterocycles. The highest BCUT2D eigenvalue weighted by atomic mass is 16.5. The first-order valence-electron chi connectivity index (χ1n) is 10.2. The van der Waals surface area contributed by atoms with Gasteiger partial charge in [-0.1, -0.05) is 12.1 Å². The molecule has 0 bridgehead atoms. The van der Waals surface area contributed by atoms with E-state index in [4.69, 9.17) is 4.74 Å². The molecule has 8 heteroatoms. The van der Waals surface area contributed by atoms with Crippen molar-refractivity contribution < 1.29 is 14.3 Å². The quantitative estimate of drug-likeness (QED) is 0.385. The van der Waals surface area contributed by atoms with Crippen molar-refractivity contribution in [2.24, 2.45) is 10.9 Å². The predicted octanol–water partition coefficient (Wildman–Crippen LogP) is 2.57. The molecule has 0 unspecified atom stereocenters. The number of anilines is 1. The third kappa shape index (κ3) is 7.29. The number of likely N-dealkylation sites (tertiary alicyclic amines) is 1. The Kier molecular flexibility index (Phi) is 8.76. The van der Waals surface area contributed by atoms with Crippen molar-refractivity contribution in [1.29, 1.82) is 0 Å². The Labute approximate surface area is 173 Å². The lowest BCUT2D eigenvalue weighted by atomic mass is 9.97. The van der Waals surface area contributed by atoms with Crippen LogP contribution in [0.15, 0.2) is 29.3 Å². The van der Waals surface area contributed by atoms with E-state index in [9.17, 15) is 9.59 Å². The zero-order valence-corrected chi connectivity index (χ0v) is 17.8. The molecule has 0 saturated carbocycles. The SMILES string of the molecule is CCOC(=O)C1CCN(C(=NC)NCc2ccc(NC(=O)NC(C)C)cc2)CC1. The number of benzene rings is 1. The highest BCUT2D eigenvalue weighted by Gasteiger charge is 2.27. The third-order valence-electron chi connectivity index (χ3n) is 4.71. The molecule has 0 spiro atoms. The summed E-state index contributed by atoms with van der Waals surface area (Å²) in [5, 5.41) is 8.98. The topological polar surface area (TPSA) is 95.1 Å². The highest BCUT2D eigenvalue weighted by molar-refractivity contribution is 5.89. The Balaban J connectivity index is 1.81. The molecule has 3 N–H and O–H groups in total. The molecular weight excluding hydrogens is 370 g/mol. The van der Waals surface area contributed by atoms with Gasteiger partial charge in [-0.25, -0.2) is 4.79 Å². The minimum atomic E-state index is -0.211. The van der Waals surface area contributed by atoms with Crippen LogP contribution >= 0.6 is 0 Å². The summed E-state index contributed by atoms with van der Waals surface area (Å²) in [5.41, 5.74) is 1.83. The number of rotatable bonds is 6. The summed E-state index contributed by atoms with van der Waals surface area (Å²) in [4.78, 5) is 30.2. The minimum Gasteiger partial charge on any atom is -0.466 e. The molecule has 1 aromatic carbocycles. The molecule has 0 aliphatic carbocycles. The van der Waals surface area contributed by atoms with Crippen LogP contribution in [0.5, 0.6) is 0 Å². The Morgan fingerprint density at radius 1 is 1.21 bits per heavy atom. The highest BCUT2D eigenvalue weighted by Crippen LogP contribution is 2.19. The van der Waals surface area contributed by atoms with Gasteiger partial charge in [0, 0.05) is 38.4 Å². The molecule has 0 radical (unpaired) electrons. The Morgan fingerprint density at radius 3 is 2.41 bits per heavy atom. The minimum absolute atomic E-state index is 0.0164. The number of nitrogens with zero attached hydrogens (tertiary/aromatic N) is 2. The largest absolute Gasteiger partial charge is 0.466 e. The standard InChI is InChI=1S/C21H33N5O3/c1-5-29-19(27)17-10-12-26(13-11-17)20(22-4)23-14-16-6-8-18(9-7-16)25-21(28)24-15(2)3/h6-9,15,17H,5,10-14H2,1-4H3,(H,22,23)(H2,24,25,28). The number of hydrogen-bond donors (Lipinski definition) is 3. The number of nitrogens with one attached hydrogen (secondary N) is 3. The molecule has 1 fully saturated rings. The van der Waals surface area contributed by atoms with Gasteiger partial charge in [-0.2, -0.15) is 0 Å². The fraction of sp³-hybridized carbons (Fsp3) is 0.571. The summed E-state index contributed by atoms with van der Waals surface area (Å²) in [6.07, 6.45) is 1.55. The number of piperidine rings is 1. The van der Waals surface area contributed by atoms with Crippen molar-refractivity contribution >= 4 is 23.6 Å². The second-order valence-electron chi connectivity index (χ2n) is 7.36. The van der Waals surface area contributed by atoms with Crippen molar-refractivity contribution in [3.8, 4) is 0 Å². The van der Waals surface area contributed by atoms with E-state index in [0.29, 0.717) is 13.2 Å². The molecule has 1 aliphatic rings. The maximum absolute atomic E-state index is 11.9. The van der Waals surface area contributed by atoms with E-state index in [1.165, 1.54) is 0 Å². The average Bonchev–Trinajstić information content (AvgIpc) is 2.69. The lowest BCUT2D eigenvalue weighted by molar-refractivity contribution is -0.149. The maximum atomic E-state index is 11.9. The summed E-state index contributed by atoms with van der Waals surface area (Å²) in [6, 6.07) is 7.58. The fourth-order valence-corrected chi connectivity index (χ4v) is 3.24. The smallest absolute Gasteiger partial charge is 0.319 e. The second kappa shape index (κ2) is 11.3. The fourth-order valence-electron chi connectivity index (χ4n) is 3.24. The molecule has 29 heavy (non-hydrogen) atoms. The zero-order chi connectivity index (χ0) is 21.2. The Hall–Kier alpha value is -2.77. The number of ether oxygens (including phenoxy) is 1. The molecule has 1 aromatic rings. The number of carbonyl (C=O) groups excluding carboxylic acids is 2. The first kappa shape index (κ1) is 22.5. The van der Waals surface area contributed by atoms with Crippen LogP contribution < -0.4 is 16.0 Å². The Bertz CT molecular complexity index is 695. The molecule has 2 rings (SSSR count). The van der Waals surface area contributed by atoms with Crippen molar-refractivity contribution in [3.05, 3.63) is 29.8 Å².